The molecule has 0 aliphatic rings. The van der Waals surface area contributed by atoms with Crippen LogP contribution in [0.4, 0.5) is 4.39 Å². The van der Waals surface area contributed by atoms with E-state index in [9.17, 15) is 4.39 Å². The Morgan fingerprint density at radius 1 is 1.21 bits per heavy atom. The SMILES string of the molecule is N#Cc1cccc(COc2cccc(CN)c2)c1F. The van der Waals surface area contributed by atoms with Gasteiger partial charge < -0.3 is 10.5 Å². The lowest BCUT2D eigenvalue weighted by Crippen LogP contribution is -2.01. The molecule has 0 amide bonds. The lowest BCUT2D eigenvalue weighted by Gasteiger charge is -2.08. The number of nitrogens with zero attached hydrogens (tertiary/aromatic N) is 1. The van der Waals surface area contributed by atoms with Crippen molar-refractivity contribution in [2.45, 2.75) is 13.2 Å². The Morgan fingerprint density at radius 2 is 2.00 bits per heavy atom. The fourth-order valence-electron chi connectivity index (χ4n) is 1.70. The van der Waals surface area contributed by atoms with E-state index in [0.717, 1.165) is 5.56 Å². The van der Waals surface area contributed by atoms with Crippen LogP contribution in [0.2, 0.25) is 0 Å². The summed E-state index contributed by atoms with van der Waals surface area (Å²) < 4.78 is 19.3. The van der Waals surface area contributed by atoms with E-state index in [0.29, 0.717) is 17.9 Å². The van der Waals surface area contributed by atoms with E-state index in [4.69, 9.17) is 15.7 Å². The third kappa shape index (κ3) is 3.09. The minimum atomic E-state index is -0.528. The summed E-state index contributed by atoms with van der Waals surface area (Å²) in [7, 11) is 0. The minimum absolute atomic E-state index is 0.0248. The van der Waals surface area contributed by atoms with E-state index < -0.39 is 5.82 Å². The van der Waals surface area contributed by atoms with Gasteiger partial charge in [0.05, 0.1) is 5.56 Å². The summed E-state index contributed by atoms with van der Waals surface area (Å²) in [5.41, 5.74) is 6.87. The van der Waals surface area contributed by atoms with E-state index in [1.165, 1.54) is 6.07 Å². The van der Waals surface area contributed by atoms with Crippen LogP contribution in [-0.4, -0.2) is 0 Å². The molecule has 2 N–H and O–H groups in total. The van der Waals surface area contributed by atoms with Gasteiger partial charge in [0.2, 0.25) is 0 Å². The van der Waals surface area contributed by atoms with Gasteiger partial charge >= 0.3 is 0 Å². The van der Waals surface area contributed by atoms with Gasteiger partial charge in [-0.3, -0.25) is 0 Å². The van der Waals surface area contributed by atoms with Gasteiger partial charge in [0, 0.05) is 12.1 Å². The Hall–Kier alpha value is -2.38. The maximum atomic E-state index is 13.8. The molecule has 3 nitrogen and oxygen atoms in total. The molecule has 0 atom stereocenters. The predicted octanol–water partition coefficient (Wildman–Crippen LogP) is 2.74. The molecule has 0 fully saturated rings. The fourth-order valence-corrected chi connectivity index (χ4v) is 1.70. The van der Waals surface area contributed by atoms with Gasteiger partial charge in [0.1, 0.15) is 24.2 Å². The van der Waals surface area contributed by atoms with Crippen molar-refractivity contribution in [3.8, 4) is 11.8 Å². The number of ether oxygens (including phenoxy) is 1. The molecule has 0 unspecified atom stereocenters. The van der Waals surface area contributed by atoms with Gasteiger partial charge in [-0.1, -0.05) is 24.3 Å². The summed E-state index contributed by atoms with van der Waals surface area (Å²) in [6.45, 7) is 0.505. The van der Waals surface area contributed by atoms with Crippen LogP contribution in [0.1, 0.15) is 16.7 Å². The average molecular weight is 256 g/mol. The highest BCUT2D eigenvalue weighted by Crippen LogP contribution is 2.17. The fraction of sp³-hybridized carbons (Fsp3) is 0.133. The molecule has 2 aromatic carbocycles. The van der Waals surface area contributed by atoms with Gasteiger partial charge in [-0.25, -0.2) is 4.39 Å². The molecule has 0 saturated heterocycles. The van der Waals surface area contributed by atoms with Crippen LogP contribution >= 0.6 is 0 Å². The largest absolute Gasteiger partial charge is 0.489 e. The van der Waals surface area contributed by atoms with Crippen LogP contribution in [0, 0.1) is 17.1 Å². The van der Waals surface area contributed by atoms with Gasteiger partial charge in [-0.2, -0.15) is 5.26 Å². The van der Waals surface area contributed by atoms with E-state index in [2.05, 4.69) is 0 Å². The summed E-state index contributed by atoms with van der Waals surface area (Å²) >= 11 is 0. The molecule has 0 bridgehead atoms. The number of nitrogens with two attached hydrogens (primary N) is 1. The van der Waals surface area contributed by atoms with Crippen molar-refractivity contribution in [3.63, 3.8) is 0 Å². The summed E-state index contributed by atoms with van der Waals surface area (Å²) in [6.07, 6.45) is 0. The number of benzene rings is 2. The van der Waals surface area contributed by atoms with E-state index >= 15 is 0 Å². The lowest BCUT2D eigenvalue weighted by molar-refractivity contribution is 0.299. The average Bonchev–Trinajstić information content (AvgIpc) is 2.46. The molecule has 0 aromatic heterocycles. The second-order valence-electron chi connectivity index (χ2n) is 4.03. The highest BCUT2D eigenvalue weighted by atomic mass is 19.1. The Kier molecular flexibility index (Phi) is 4.11. The van der Waals surface area contributed by atoms with Crippen LogP contribution in [-0.2, 0) is 13.2 Å². The normalized spacial score (nSPS) is 9.95. The zero-order chi connectivity index (χ0) is 13.7. The van der Waals surface area contributed by atoms with Crippen LogP contribution in [0.15, 0.2) is 42.5 Å². The molecule has 0 radical (unpaired) electrons. The van der Waals surface area contributed by atoms with Crippen LogP contribution in [0.3, 0.4) is 0 Å². The number of hydrogen-bond acceptors (Lipinski definition) is 3. The molecular weight excluding hydrogens is 243 g/mol. The second kappa shape index (κ2) is 5.98. The van der Waals surface area contributed by atoms with Crippen molar-refractivity contribution < 1.29 is 9.13 Å². The number of nitriles is 1. The molecule has 96 valence electrons. The molecule has 2 aromatic rings. The van der Waals surface area contributed by atoms with Crippen LogP contribution in [0.5, 0.6) is 5.75 Å². The summed E-state index contributed by atoms with van der Waals surface area (Å²) in [5.74, 6) is 0.102. The number of hydrogen-bond donors (Lipinski definition) is 1. The third-order valence-corrected chi connectivity index (χ3v) is 2.73. The van der Waals surface area contributed by atoms with Gasteiger partial charge in [0.25, 0.3) is 0 Å². The Morgan fingerprint density at radius 3 is 2.74 bits per heavy atom. The van der Waals surface area contributed by atoms with Crippen molar-refractivity contribution in [2.24, 2.45) is 5.73 Å². The maximum Gasteiger partial charge on any atom is 0.147 e. The quantitative estimate of drug-likeness (QED) is 0.915. The zero-order valence-electron chi connectivity index (χ0n) is 10.3. The van der Waals surface area contributed by atoms with E-state index in [1.807, 2.05) is 18.2 Å². The van der Waals surface area contributed by atoms with Gasteiger partial charge in [-0.05, 0) is 23.8 Å². The molecule has 0 spiro atoms. The Bertz CT molecular complexity index is 620. The van der Waals surface area contributed by atoms with Crippen LogP contribution < -0.4 is 10.5 Å². The van der Waals surface area contributed by atoms with Gasteiger partial charge in [-0.15, -0.1) is 0 Å². The first-order valence-electron chi connectivity index (χ1n) is 5.84. The van der Waals surface area contributed by atoms with Crippen molar-refractivity contribution in [1.29, 1.82) is 5.26 Å². The zero-order valence-corrected chi connectivity index (χ0v) is 10.3. The third-order valence-electron chi connectivity index (χ3n) is 2.73. The Balaban J connectivity index is 2.12. The first-order valence-corrected chi connectivity index (χ1v) is 5.84. The molecular formula is C15H13FN2O. The second-order valence-corrected chi connectivity index (χ2v) is 4.03. The van der Waals surface area contributed by atoms with Gasteiger partial charge in [0.15, 0.2) is 0 Å². The minimum Gasteiger partial charge on any atom is -0.489 e. The number of halogens is 1. The molecule has 4 heteroatoms. The predicted molar refractivity (Wildman–Crippen MR) is 69.8 cm³/mol. The molecule has 19 heavy (non-hydrogen) atoms. The first-order chi connectivity index (χ1) is 9.24. The first kappa shape index (κ1) is 13.1. The molecule has 0 aliphatic heterocycles. The molecule has 0 heterocycles. The van der Waals surface area contributed by atoms with Crippen molar-refractivity contribution in [1.82, 2.24) is 0 Å². The monoisotopic (exact) mass is 256 g/mol. The topological polar surface area (TPSA) is 59.0 Å². The standard InChI is InChI=1S/C15H13FN2O/c16-15-12(9-18)4-2-5-13(15)10-19-14-6-1-3-11(7-14)8-17/h1-7H,8,10,17H2. The summed E-state index contributed by atoms with van der Waals surface area (Å²) in [4.78, 5) is 0. The summed E-state index contributed by atoms with van der Waals surface area (Å²) in [6, 6.07) is 13.8. The Labute approximate surface area is 111 Å². The number of rotatable bonds is 4. The van der Waals surface area contributed by atoms with E-state index in [1.54, 1.807) is 24.3 Å². The van der Waals surface area contributed by atoms with Crippen LogP contribution in [0.25, 0.3) is 0 Å². The van der Waals surface area contributed by atoms with Crippen molar-refractivity contribution in [2.75, 3.05) is 0 Å². The van der Waals surface area contributed by atoms with E-state index in [-0.39, 0.29) is 12.2 Å². The maximum absolute atomic E-state index is 13.8. The molecule has 0 aliphatic carbocycles. The van der Waals surface area contributed by atoms with Crippen molar-refractivity contribution >= 4 is 0 Å². The smallest absolute Gasteiger partial charge is 0.147 e. The molecule has 0 saturated carbocycles. The highest BCUT2D eigenvalue weighted by Gasteiger charge is 2.08. The highest BCUT2D eigenvalue weighted by molar-refractivity contribution is 5.35. The lowest BCUT2D eigenvalue weighted by atomic mass is 10.1. The summed E-state index contributed by atoms with van der Waals surface area (Å²) in [5, 5.41) is 8.75. The van der Waals surface area contributed by atoms with Crippen molar-refractivity contribution in [3.05, 3.63) is 65.0 Å². The molecule has 2 rings (SSSR count).